The molecule has 1 aromatic heterocycles. The van der Waals surface area contributed by atoms with E-state index in [0.29, 0.717) is 24.1 Å². The molecule has 32 heavy (non-hydrogen) atoms. The zero-order chi connectivity index (χ0) is 23.3. The molecule has 0 aliphatic rings. The van der Waals surface area contributed by atoms with E-state index in [9.17, 15) is 5.11 Å². The van der Waals surface area contributed by atoms with Crippen molar-refractivity contribution in [1.29, 1.82) is 0 Å². The number of ether oxygens (including phenoxy) is 1. The number of aliphatic hydroxyl groups excluding tert-OH is 1. The molecule has 170 valence electrons. The summed E-state index contributed by atoms with van der Waals surface area (Å²) in [5.41, 5.74) is 6.55. The lowest BCUT2D eigenvalue weighted by molar-refractivity contribution is 0.0925. The zero-order valence-electron chi connectivity index (χ0n) is 20.1. The molecule has 0 aliphatic carbocycles. The molecule has 0 spiro atoms. The van der Waals surface area contributed by atoms with E-state index < -0.39 is 6.10 Å². The van der Waals surface area contributed by atoms with E-state index in [1.807, 2.05) is 0 Å². The maximum Gasteiger partial charge on any atom is 0.320 e. The molecule has 0 aliphatic heterocycles. The average molecular weight is 434 g/mol. The van der Waals surface area contributed by atoms with Gasteiger partial charge in [0.05, 0.1) is 6.10 Å². The Kier molecular flexibility index (Phi) is 7.97. The lowest BCUT2D eigenvalue weighted by atomic mass is 10.0. The van der Waals surface area contributed by atoms with Gasteiger partial charge in [-0.3, -0.25) is 0 Å². The maximum absolute atomic E-state index is 9.96. The van der Waals surface area contributed by atoms with E-state index in [-0.39, 0.29) is 6.10 Å². The van der Waals surface area contributed by atoms with Crippen LogP contribution in [-0.4, -0.2) is 32.3 Å². The van der Waals surface area contributed by atoms with E-state index in [1.54, 1.807) is 6.92 Å². The summed E-state index contributed by atoms with van der Waals surface area (Å²) < 4.78 is 6.26. The van der Waals surface area contributed by atoms with Gasteiger partial charge in [-0.05, 0) is 52.2 Å². The Morgan fingerprint density at radius 3 is 1.81 bits per heavy atom. The largest absolute Gasteiger partial charge is 0.460 e. The second kappa shape index (κ2) is 10.7. The molecule has 1 heterocycles. The molecule has 3 aromatic rings. The Labute approximate surface area is 191 Å². The number of hydrogen-bond donors (Lipinski definition) is 1. The Bertz CT molecular complexity index is 993. The first-order chi connectivity index (χ1) is 15.3. The Balaban J connectivity index is 2.09. The number of aromatic nitrogens is 3. The lowest BCUT2D eigenvalue weighted by Crippen LogP contribution is -2.23. The summed E-state index contributed by atoms with van der Waals surface area (Å²) in [5.74, 6) is 1.21. The van der Waals surface area contributed by atoms with Gasteiger partial charge in [-0.25, -0.2) is 4.98 Å². The van der Waals surface area contributed by atoms with Gasteiger partial charge >= 0.3 is 6.01 Å². The molecule has 5 nitrogen and oxygen atoms in total. The van der Waals surface area contributed by atoms with Crippen LogP contribution in [0.5, 0.6) is 6.01 Å². The monoisotopic (exact) mass is 433 g/mol. The van der Waals surface area contributed by atoms with E-state index >= 15 is 0 Å². The average Bonchev–Trinajstić information content (AvgIpc) is 2.71. The van der Waals surface area contributed by atoms with Crippen molar-refractivity contribution in [3.05, 3.63) is 58.7 Å². The fourth-order valence-electron chi connectivity index (χ4n) is 3.97. The van der Waals surface area contributed by atoms with E-state index in [0.717, 1.165) is 41.5 Å². The molecule has 2 unspecified atom stereocenters. The predicted molar refractivity (Wildman–Crippen MR) is 130 cm³/mol. The van der Waals surface area contributed by atoms with Crippen molar-refractivity contribution in [3.8, 4) is 28.8 Å². The highest BCUT2D eigenvalue weighted by Crippen LogP contribution is 2.28. The first-order valence-corrected chi connectivity index (χ1v) is 11.5. The first-order valence-electron chi connectivity index (χ1n) is 11.5. The lowest BCUT2D eigenvalue weighted by Gasteiger charge is -2.20. The zero-order valence-corrected chi connectivity index (χ0v) is 20.1. The van der Waals surface area contributed by atoms with Crippen LogP contribution in [0.15, 0.2) is 36.4 Å². The molecular formula is C27H35N3O2. The standard InChI is InChI=1S/C27H35N3O2/c1-7-8-9-22(16-21(6)31)32-27-29-25(23-12-10-17(2)14-19(23)4)28-26(30-27)24-13-11-18(3)15-20(24)5/h10-15,21-22,31H,7-9,16H2,1-6H3. The molecule has 2 atom stereocenters. The third kappa shape index (κ3) is 6.13. The van der Waals surface area contributed by atoms with Crippen LogP contribution in [0, 0.1) is 27.7 Å². The second-order valence-electron chi connectivity index (χ2n) is 8.87. The number of unbranched alkanes of at least 4 members (excludes halogenated alkanes) is 1. The van der Waals surface area contributed by atoms with Crippen LogP contribution < -0.4 is 4.74 Å². The second-order valence-corrected chi connectivity index (χ2v) is 8.87. The van der Waals surface area contributed by atoms with Crippen molar-refractivity contribution >= 4 is 0 Å². The Hall–Kier alpha value is -2.79. The number of aliphatic hydroxyl groups is 1. The Morgan fingerprint density at radius 1 is 0.844 bits per heavy atom. The minimum absolute atomic E-state index is 0.142. The van der Waals surface area contributed by atoms with Crippen molar-refractivity contribution in [3.63, 3.8) is 0 Å². The minimum Gasteiger partial charge on any atom is -0.460 e. The van der Waals surface area contributed by atoms with Crippen molar-refractivity contribution in [2.24, 2.45) is 0 Å². The van der Waals surface area contributed by atoms with Gasteiger partial charge in [0.15, 0.2) is 11.6 Å². The predicted octanol–water partition coefficient (Wildman–Crippen LogP) is 6.15. The highest BCUT2D eigenvalue weighted by molar-refractivity contribution is 5.66. The van der Waals surface area contributed by atoms with E-state index in [4.69, 9.17) is 19.7 Å². The van der Waals surface area contributed by atoms with Crippen LogP contribution in [0.3, 0.4) is 0 Å². The quantitative estimate of drug-likeness (QED) is 0.438. The number of hydrogen-bond acceptors (Lipinski definition) is 5. The maximum atomic E-state index is 9.96. The van der Waals surface area contributed by atoms with Crippen LogP contribution in [0.25, 0.3) is 22.8 Å². The van der Waals surface area contributed by atoms with Crippen molar-refractivity contribution in [1.82, 2.24) is 15.0 Å². The fourth-order valence-corrected chi connectivity index (χ4v) is 3.97. The Morgan fingerprint density at radius 2 is 1.38 bits per heavy atom. The van der Waals surface area contributed by atoms with Gasteiger partial charge in [0.2, 0.25) is 0 Å². The van der Waals surface area contributed by atoms with Crippen LogP contribution in [-0.2, 0) is 0 Å². The molecule has 0 amide bonds. The molecule has 3 rings (SSSR count). The molecule has 1 N–H and O–H groups in total. The third-order valence-electron chi connectivity index (χ3n) is 5.62. The van der Waals surface area contributed by atoms with Gasteiger partial charge in [-0.1, -0.05) is 67.3 Å². The smallest absolute Gasteiger partial charge is 0.320 e. The van der Waals surface area contributed by atoms with E-state index in [2.05, 4.69) is 71.0 Å². The van der Waals surface area contributed by atoms with Crippen molar-refractivity contribution in [2.45, 2.75) is 79.4 Å². The number of rotatable bonds is 9. The fraction of sp³-hybridized carbons (Fsp3) is 0.444. The topological polar surface area (TPSA) is 68.1 Å². The summed E-state index contributed by atoms with van der Waals surface area (Å²) in [7, 11) is 0. The molecule has 0 fully saturated rings. The van der Waals surface area contributed by atoms with E-state index in [1.165, 1.54) is 11.1 Å². The summed E-state index contributed by atoms with van der Waals surface area (Å²) in [6.07, 6.45) is 2.90. The van der Waals surface area contributed by atoms with Crippen LogP contribution in [0.1, 0.15) is 61.8 Å². The van der Waals surface area contributed by atoms with Gasteiger partial charge in [0.1, 0.15) is 6.10 Å². The summed E-state index contributed by atoms with van der Waals surface area (Å²) >= 11 is 0. The van der Waals surface area contributed by atoms with Gasteiger partial charge in [-0.15, -0.1) is 0 Å². The molecule has 5 heteroatoms. The van der Waals surface area contributed by atoms with Crippen LogP contribution in [0.4, 0.5) is 0 Å². The number of benzene rings is 2. The molecule has 2 aromatic carbocycles. The number of nitrogens with zero attached hydrogens (tertiary/aromatic N) is 3. The summed E-state index contributed by atoms with van der Waals surface area (Å²) in [4.78, 5) is 14.2. The van der Waals surface area contributed by atoms with Crippen LogP contribution >= 0.6 is 0 Å². The SMILES string of the molecule is CCCCC(CC(C)O)Oc1nc(-c2ccc(C)cc2C)nc(-c2ccc(C)cc2C)n1. The minimum atomic E-state index is -0.448. The van der Waals surface area contributed by atoms with Gasteiger partial charge in [0.25, 0.3) is 0 Å². The summed E-state index contributed by atoms with van der Waals surface area (Å²) in [5, 5.41) is 9.96. The highest BCUT2D eigenvalue weighted by Gasteiger charge is 2.19. The van der Waals surface area contributed by atoms with Crippen LogP contribution in [0.2, 0.25) is 0 Å². The third-order valence-corrected chi connectivity index (χ3v) is 5.62. The molecule has 0 saturated carbocycles. The molecule has 0 radical (unpaired) electrons. The summed E-state index contributed by atoms with van der Waals surface area (Å²) in [6, 6.07) is 12.8. The van der Waals surface area contributed by atoms with Gasteiger partial charge < -0.3 is 9.84 Å². The van der Waals surface area contributed by atoms with Gasteiger partial charge in [0, 0.05) is 17.5 Å². The van der Waals surface area contributed by atoms with Crippen molar-refractivity contribution in [2.75, 3.05) is 0 Å². The molecule has 0 bridgehead atoms. The number of aryl methyl sites for hydroxylation is 4. The molecular weight excluding hydrogens is 398 g/mol. The highest BCUT2D eigenvalue weighted by atomic mass is 16.5. The first kappa shape index (κ1) is 23.9. The summed E-state index contributed by atoms with van der Waals surface area (Å²) in [6.45, 7) is 12.2. The normalized spacial score (nSPS) is 13.1. The van der Waals surface area contributed by atoms with Crippen molar-refractivity contribution < 1.29 is 9.84 Å². The molecule has 0 saturated heterocycles. The van der Waals surface area contributed by atoms with Gasteiger partial charge in [-0.2, -0.15) is 9.97 Å².